The average Bonchev–Trinajstić information content (AvgIpc) is 2.07. The Morgan fingerprint density at radius 2 is 1.20 bits per heavy atom. The van der Waals surface area contributed by atoms with Crippen LogP contribution in [0.15, 0.2) is 12.1 Å². The van der Waals surface area contributed by atoms with Crippen LogP contribution in [0.4, 0.5) is 0 Å². The van der Waals surface area contributed by atoms with Crippen LogP contribution in [0.1, 0.15) is 23.6 Å². The van der Waals surface area contributed by atoms with Crippen LogP contribution >= 0.6 is 0 Å². The molecule has 7 heteroatoms. The molecular formula is C8H8CaO6. The van der Waals surface area contributed by atoms with E-state index in [-0.39, 0.29) is 40.6 Å². The predicted octanol–water partition coefficient (Wildman–Crippen LogP) is 0.338. The first-order valence-corrected chi connectivity index (χ1v) is 3.46. The third-order valence-electron chi connectivity index (χ3n) is 1.57. The number of carbonyl (C=O) groups is 2. The van der Waals surface area contributed by atoms with Crippen LogP contribution in [0.5, 0.6) is 11.5 Å². The fraction of sp³-hybridized carbons (Fsp3) is 0. The predicted molar refractivity (Wildman–Crippen MR) is 51.7 cm³/mol. The Balaban J connectivity index is -0.000000653. The number of aromatic carboxylic acids is 2. The zero-order valence-corrected chi connectivity index (χ0v) is 9.68. The van der Waals surface area contributed by atoms with E-state index >= 15 is 0 Å². The van der Waals surface area contributed by atoms with Crippen LogP contribution in [0.25, 0.3) is 0 Å². The van der Waals surface area contributed by atoms with Crippen LogP contribution in [0, 0.1) is 0 Å². The Labute approximate surface area is 117 Å². The van der Waals surface area contributed by atoms with E-state index in [4.69, 9.17) is 20.4 Å². The molecule has 0 saturated heterocycles. The van der Waals surface area contributed by atoms with Gasteiger partial charge in [-0.3, -0.25) is 0 Å². The number of carboxylic acids is 2. The molecule has 0 bridgehead atoms. The summed E-state index contributed by atoms with van der Waals surface area (Å²) in [6, 6.07) is 1.36. The van der Waals surface area contributed by atoms with Crippen molar-refractivity contribution in [1.82, 2.24) is 0 Å². The maximum absolute atomic E-state index is 10.4. The fourth-order valence-corrected chi connectivity index (χ4v) is 0.919. The van der Waals surface area contributed by atoms with Gasteiger partial charge in [-0.15, -0.1) is 0 Å². The zero-order valence-electron chi connectivity index (χ0n) is 9.47. The standard InChI is InChI=1S/C8H6O6.Ca.2H/c9-5-1-3(7(11)12)6(10)2-4(5)8(13)14;;;/h1-2,9-10H,(H,11,12)(H,13,14);;;/q;+2;2*-1. The van der Waals surface area contributed by atoms with Crippen molar-refractivity contribution in [2.24, 2.45) is 0 Å². The van der Waals surface area contributed by atoms with Crippen molar-refractivity contribution in [3.63, 3.8) is 0 Å². The maximum Gasteiger partial charge on any atom is 2.00 e. The van der Waals surface area contributed by atoms with E-state index in [1.807, 2.05) is 0 Å². The zero-order chi connectivity index (χ0) is 10.9. The number of aromatic hydroxyl groups is 2. The summed E-state index contributed by atoms with van der Waals surface area (Å²) < 4.78 is 0. The monoisotopic (exact) mass is 240 g/mol. The summed E-state index contributed by atoms with van der Waals surface area (Å²) in [6.07, 6.45) is 0. The number of phenols is 2. The molecule has 0 spiro atoms. The molecule has 0 unspecified atom stereocenters. The van der Waals surface area contributed by atoms with E-state index < -0.39 is 34.6 Å². The second-order valence-corrected chi connectivity index (χ2v) is 2.50. The van der Waals surface area contributed by atoms with Gasteiger partial charge in [0.05, 0.1) is 0 Å². The number of hydrogen-bond donors (Lipinski definition) is 4. The van der Waals surface area contributed by atoms with Gasteiger partial charge in [0.2, 0.25) is 0 Å². The maximum atomic E-state index is 10.4. The van der Waals surface area contributed by atoms with Crippen LogP contribution in [0.3, 0.4) is 0 Å². The molecule has 0 aromatic heterocycles. The molecule has 1 aromatic rings. The third-order valence-corrected chi connectivity index (χ3v) is 1.57. The minimum absolute atomic E-state index is 0. The molecule has 0 amide bonds. The Bertz CT molecular complexity index is 383. The average molecular weight is 240 g/mol. The summed E-state index contributed by atoms with van der Waals surface area (Å²) in [6.45, 7) is 0. The Hall–Kier alpha value is -0.980. The minimum Gasteiger partial charge on any atom is -1.00 e. The van der Waals surface area contributed by atoms with Gasteiger partial charge in [-0.05, 0) is 12.1 Å². The summed E-state index contributed by atoms with van der Waals surface area (Å²) in [5, 5.41) is 35.2. The summed E-state index contributed by atoms with van der Waals surface area (Å²) in [5.74, 6) is -4.30. The quantitative estimate of drug-likeness (QED) is 0.437. The van der Waals surface area contributed by atoms with Crippen molar-refractivity contribution in [2.45, 2.75) is 0 Å². The summed E-state index contributed by atoms with van der Waals surface area (Å²) in [4.78, 5) is 20.9. The fourth-order valence-electron chi connectivity index (χ4n) is 0.919. The molecule has 0 fully saturated rings. The summed E-state index contributed by atoms with van der Waals surface area (Å²) in [5.41, 5.74) is -1.10. The van der Waals surface area contributed by atoms with Crippen LogP contribution in [0.2, 0.25) is 0 Å². The number of carboxylic acid groups (broad SMARTS) is 2. The topological polar surface area (TPSA) is 115 Å². The molecular weight excluding hydrogens is 232 g/mol. The molecule has 0 aliphatic carbocycles. The van der Waals surface area contributed by atoms with Crippen molar-refractivity contribution in [1.29, 1.82) is 0 Å². The molecule has 15 heavy (non-hydrogen) atoms. The SMILES string of the molecule is O=C(O)c1cc(O)c(C(=O)O)cc1O.[Ca+2].[H-].[H-]. The van der Waals surface area contributed by atoms with E-state index in [2.05, 4.69) is 0 Å². The normalized spacial score (nSPS) is 9.07. The molecule has 6 nitrogen and oxygen atoms in total. The van der Waals surface area contributed by atoms with E-state index in [9.17, 15) is 9.59 Å². The van der Waals surface area contributed by atoms with Crippen LogP contribution < -0.4 is 0 Å². The summed E-state index contributed by atoms with van der Waals surface area (Å²) in [7, 11) is 0. The first-order valence-electron chi connectivity index (χ1n) is 3.46. The van der Waals surface area contributed by atoms with Crippen LogP contribution in [-0.2, 0) is 0 Å². The first-order chi connectivity index (χ1) is 6.43. The van der Waals surface area contributed by atoms with Gasteiger partial charge in [0.15, 0.2) is 0 Å². The summed E-state index contributed by atoms with van der Waals surface area (Å²) >= 11 is 0. The van der Waals surface area contributed by atoms with Gasteiger partial charge in [-0.1, -0.05) is 0 Å². The smallest absolute Gasteiger partial charge is 1.00 e. The molecule has 0 aliphatic rings. The van der Waals surface area contributed by atoms with Gasteiger partial charge in [-0.25, -0.2) is 9.59 Å². The third kappa shape index (κ3) is 2.98. The second kappa shape index (κ2) is 5.20. The van der Waals surface area contributed by atoms with Gasteiger partial charge in [0.25, 0.3) is 0 Å². The Kier molecular flexibility index (Phi) is 4.86. The Morgan fingerprint density at radius 3 is 1.40 bits per heavy atom. The van der Waals surface area contributed by atoms with Gasteiger partial charge in [0, 0.05) is 0 Å². The second-order valence-electron chi connectivity index (χ2n) is 2.50. The molecule has 0 heterocycles. The number of hydrogen-bond acceptors (Lipinski definition) is 4. The van der Waals surface area contributed by atoms with Crippen molar-refractivity contribution in [2.75, 3.05) is 0 Å². The molecule has 0 radical (unpaired) electrons. The molecule has 4 N–H and O–H groups in total. The molecule has 0 saturated carbocycles. The first kappa shape index (κ1) is 14.0. The van der Waals surface area contributed by atoms with Crippen molar-refractivity contribution in [3.8, 4) is 11.5 Å². The minimum atomic E-state index is -1.45. The number of rotatable bonds is 2. The van der Waals surface area contributed by atoms with E-state index in [1.165, 1.54) is 0 Å². The van der Waals surface area contributed by atoms with Crippen molar-refractivity contribution in [3.05, 3.63) is 23.3 Å². The van der Waals surface area contributed by atoms with E-state index in [1.54, 1.807) is 0 Å². The van der Waals surface area contributed by atoms with Crippen molar-refractivity contribution < 1.29 is 32.9 Å². The molecule has 1 aromatic carbocycles. The van der Waals surface area contributed by atoms with Gasteiger partial charge in [0.1, 0.15) is 22.6 Å². The van der Waals surface area contributed by atoms with Gasteiger partial charge < -0.3 is 23.3 Å². The number of benzene rings is 1. The molecule has 78 valence electrons. The Morgan fingerprint density at radius 1 is 0.933 bits per heavy atom. The van der Waals surface area contributed by atoms with Gasteiger partial charge in [-0.2, -0.15) is 0 Å². The van der Waals surface area contributed by atoms with E-state index in [0.717, 1.165) is 0 Å². The molecule has 0 aliphatic heterocycles. The van der Waals surface area contributed by atoms with Crippen molar-refractivity contribution >= 4 is 49.7 Å². The molecule has 1 rings (SSSR count). The van der Waals surface area contributed by atoms with E-state index in [0.29, 0.717) is 12.1 Å². The van der Waals surface area contributed by atoms with Crippen LogP contribution in [-0.4, -0.2) is 70.1 Å². The van der Waals surface area contributed by atoms with Gasteiger partial charge >= 0.3 is 49.7 Å². The largest absolute Gasteiger partial charge is 2.00 e. The molecule has 0 atom stereocenters.